The summed E-state index contributed by atoms with van der Waals surface area (Å²) in [6, 6.07) is 0. The Morgan fingerprint density at radius 1 is 1.31 bits per heavy atom. The fourth-order valence-electron chi connectivity index (χ4n) is 3.89. The van der Waals surface area contributed by atoms with Gasteiger partial charge in [-0.25, -0.2) is 9.78 Å². The lowest BCUT2D eigenvalue weighted by atomic mass is 9.70. The highest BCUT2D eigenvalue weighted by atomic mass is 17.2. The second-order valence-electron chi connectivity index (χ2n) is 5.26. The lowest BCUT2D eigenvalue weighted by Crippen LogP contribution is -2.39. The zero-order valence-electron chi connectivity index (χ0n) is 10.1. The van der Waals surface area contributed by atoms with Gasteiger partial charge in [0.05, 0.1) is 19.6 Å². The maximum atomic E-state index is 11.3. The molecule has 6 unspecified atom stereocenters. The summed E-state index contributed by atoms with van der Waals surface area (Å²) in [6.07, 6.45) is 1.04. The average Bonchev–Trinajstić information content (AvgIpc) is 2.74. The summed E-state index contributed by atoms with van der Waals surface area (Å²) in [7, 11) is 1.47. The van der Waals surface area contributed by atoms with E-state index >= 15 is 0 Å². The highest BCUT2D eigenvalue weighted by molar-refractivity contribution is 5.71. The van der Waals surface area contributed by atoms with Gasteiger partial charge in [-0.3, -0.25) is 4.79 Å². The Labute approximate surface area is 95.9 Å². The number of hydrogen-bond donors (Lipinski definition) is 1. The Bertz CT molecular complexity index is 278. The van der Waals surface area contributed by atoms with Gasteiger partial charge in [-0.2, -0.15) is 0 Å². The number of carboxylic acid groups (broad SMARTS) is 1. The molecule has 0 aromatic carbocycles. The normalized spacial score (nSPS) is 46.2. The number of rotatable bonds is 4. The summed E-state index contributed by atoms with van der Waals surface area (Å²) in [5, 5.41) is 9.31. The summed E-state index contributed by atoms with van der Waals surface area (Å²) in [5.74, 6) is 1.13. The molecule has 0 aromatic rings. The molecule has 92 valence electrons. The van der Waals surface area contributed by atoms with Crippen molar-refractivity contribution < 1.29 is 19.7 Å². The lowest BCUT2D eigenvalue weighted by molar-refractivity contribution is -0.285. The van der Waals surface area contributed by atoms with Gasteiger partial charge in [-0.05, 0) is 30.1 Å². The van der Waals surface area contributed by atoms with Crippen LogP contribution in [0.1, 0.15) is 20.3 Å². The first-order valence-corrected chi connectivity index (χ1v) is 5.96. The van der Waals surface area contributed by atoms with Crippen molar-refractivity contribution in [3.05, 3.63) is 0 Å². The van der Waals surface area contributed by atoms with Gasteiger partial charge in [0.2, 0.25) is 0 Å². The molecular weight excluding hydrogens is 208 g/mol. The summed E-state index contributed by atoms with van der Waals surface area (Å²) in [6.45, 7) is 4.82. The maximum Gasteiger partial charge on any atom is 0.307 e. The Kier molecular flexibility index (Phi) is 3.22. The number of carboxylic acids is 1. The van der Waals surface area contributed by atoms with Gasteiger partial charge < -0.3 is 5.11 Å². The molecule has 2 saturated carbocycles. The number of hydrogen-bond acceptors (Lipinski definition) is 3. The van der Waals surface area contributed by atoms with E-state index in [0.717, 1.165) is 6.42 Å². The number of carbonyl (C=O) groups is 1. The van der Waals surface area contributed by atoms with Crippen LogP contribution in [0.15, 0.2) is 0 Å². The van der Waals surface area contributed by atoms with Crippen molar-refractivity contribution in [2.24, 2.45) is 35.5 Å². The minimum atomic E-state index is -0.670. The van der Waals surface area contributed by atoms with E-state index in [0.29, 0.717) is 30.3 Å². The standard InChI is InChI=1S/C12H20O4/c1-6-7(2)9-4-8(6)10(5-16-15-3)11(9)12(13)14/h6-11H,4-5H2,1-3H3,(H,13,14). The van der Waals surface area contributed by atoms with Crippen LogP contribution >= 0.6 is 0 Å². The van der Waals surface area contributed by atoms with Crippen molar-refractivity contribution in [1.29, 1.82) is 0 Å². The van der Waals surface area contributed by atoms with Crippen molar-refractivity contribution in [3.63, 3.8) is 0 Å². The third-order valence-corrected chi connectivity index (χ3v) is 4.86. The summed E-state index contributed by atoms with van der Waals surface area (Å²) >= 11 is 0. The van der Waals surface area contributed by atoms with Crippen LogP contribution in [0.3, 0.4) is 0 Å². The van der Waals surface area contributed by atoms with Crippen LogP contribution in [0.4, 0.5) is 0 Å². The molecule has 2 fully saturated rings. The highest BCUT2D eigenvalue weighted by Gasteiger charge is 2.57. The SMILES string of the molecule is COOCC1C2CC(C(C)C2C)C1C(=O)O. The molecule has 0 heterocycles. The number of fused-ring (bicyclic) bond motifs is 2. The van der Waals surface area contributed by atoms with Gasteiger partial charge in [-0.15, -0.1) is 0 Å². The van der Waals surface area contributed by atoms with Crippen molar-refractivity contribution in [3.8, 4) is 0 Å². The van der Waals surface area contributed by atoms with E-state index < -0.39 is 5.97 Å². The zero-order chi connectivity index (χ0) is 11.9. The van der Waals surface area contributed by atoms with E-state index in [9.17, 15) is 9.90 Å². The molecule has 2 rings (SSSR count). The van der Waals surface area contributed by atoms with Crippen LogP contribution < -0.4 is 0 Å². The Balaban J connectivity index is 2.13. The molecule has 0 radical (unpaired) electrons. The topological polar surface area (TPSA) is 55.8 Å². The van der Waals surface area contributed by atoms with Crippen LogP contribution in [0, 0.1) is 35.5 Å². The fourth-order valence-corrected chi connectivity index (χ4v) is 3.89. The molecule has 4 heteroatoms. The van der Waals surface area contributed by atoms with E-state index in [4.69, 9.17) is 4.89 Å². The highest BCUT2D eigenvalue weighted by Crippen LogP contribution is 2.58. The predicted octanol–water partition coefficient (Wildman–Crippen LogP) is 1.80. The maximum absolute atomic E-state index is 11.3. The van der Waals surface area contributed by atoms with Crippen LogP contribution in [0.25, 0.3) is 0 Å². The molecule has 2 aliphatic rings. The first-order valence-electron chi connectivity index (χ1n) is 5.96. The second kappa shape index (κ2) is 4.34. The van der Waals surface area contributed by atoms with E-state index in [1.807, 2.05) is 0 Å². The van der Waals surface area contributed by atoms with E-state index in [1.165, 1.54) is 7.11 Å². The minimum Gasteiger partial charge on any atom is -0.481 e. The molecule has 0 aromatic heterocycles. The van der Waals surface area contributed by atoms with E-state index in [-0.39, 0.29) is 11.8 Å². The van der Waals surface area contributed by atoms with Crippen LogP contribution in [0.5, 0.6) is 0 Å². The summed E-state index contributed by atoms with van der Waals surface area (Å²) in [4.78, 5) is 20.9. The smallest absolute Gasteiger partial charge is 0.307 e. The molecule has 0 spiro atoms. The van der Waals surface area contributed by atoms with Crippen molar-refractivity contribution in [2.45, 2.75) is 20.3 Å². The lowest BCUT2D eigenvalue weighted by Gasteiger charge is -2.35. The second-order valence-corrected chi connectivity index (χ2v) is 5.26. The fraction of sp³-hybridized carbons (Fsp3) is 0.917. The molecular formula is C12H20O4. The molecule has 1 N–H and O–H groups in total. The van der Waals surface area contributed by atoms with E-state index in [2.05, 4.69) is 18.7 Å². The molecule has 0 amide bonds. The number of aliphatic carboxylic acids is 1. The zero-order valence-corrected chi connectivity index (χ0v) is 10.1. The van der Waals surface area contributed by atoms with Gasteiger partial charge >= 0.3 is 5.97 Å². The molecule has 16 heavy (non-hydrogen) atoms. The van der Waals surface area contributed by atoms with Crippen LogP contribution in [0.2, 0.25) is 0 Å². The third-order valence-electron chi connectivity index (χ3n) is 4.86. The quantitative estimate of drug-likeness (QED) is 0.589. The van der Waals surface area contributed by atoms with Crippen LogP contribution in [-0.4, -0.2) is 24.8 Å². The summed E-state index contributed by atoms with van der Waals surface area (Å²) in [5.41, 5.74) is 0. The predicted molar refractivity (Wildman–Crippen MR) is 57.5 cm³/mol. The minimum absolute atomic E-state index is 0.119. The van der Waals surface area contributed by atoms with Gasteiger partial charge in [0.15, 0.2) is 0 Å². The average molecular weight is 228 g/mol. The first kappa shape index (κ1) is 11.9. The summed E-state index contributed by atoms with van der Waals surface area (Å²) < 4.78 is 0. The third kappa shape index (κ3) is 1.64. The van der Waals surface area contributed by atoms with Crippen molar-refractivity contribution in [2.75, 3.05) is 13.7 Å². The molecule has 0 aliphatic heterocycles. The molecule has 2 aliphatic carbocycles. The first-order chi connectivity index (χ1) is 7.57. The Morgan fingerprint density at radius 2 is 1.94 bits per heavy atom. The van der Waals surface area contributed by atoms with Crippen molar-refractivity contribution in [1.82, 2.24) is 0 Å². The van der Waals surface area contributed by atoms with Gasteiger partial charge in [0, 0.05) is 5.92 Å². The molecule has 0 saturated heterocycles. The van der Waals surface area contributed by atoms with Gasteiger partial charge in [0.1, 0.15) is 0 Å². The largest absolute Gasteiger partial charge is 0.481 e. The van der Waals surface area contributed by atoms with Gasteiger partial charge in [0.25, 0.3) is 0 Å². The molecule has 4 nitrogen and oxygen atoms in total. The Morgan fingerprint density at radius 3 is 2.50 bits per heavy atom. The van der Waals surface area contributed by atoms with Crippen molar-refractivity contribution >= 4 is 5.97 Å². The molecule has 6 atom stereocenters. The monoisotopic (exact) mass is 228 g/mol. The van der Waals surface area contributed by atoms with Gasteiger partial charge in [-0.1, -0.05) is 13.8 Å². The Hall–Kier alpha value is -0.610. The van der Waals surface area contributed by atoms with E-state index in [1.54, 1.807) is 0 Å². The van der Waals surface area contributed by atoms with Crippen LogP contribution in [-0.2, 0) is 14.6 Å². The molecule has 2 bridgehead atoms.